The van der Waals surface area contributed by atoms with E-state index in [2.05, 4.69) is 27.6 Å². The van der Waals surface area contributed by atoms with E-state index in [0.717, 1.165) is 0 Å². The number of aromatic nitrogens is 6. The van der Waals surface area contributed by atoms with Crippen molar-refractivity contribution in [3.05, 3.63) is 94.3 Å². The van der Waals surface area contributed by atoms with Crippen molar-refractivity contribution in [2.24, 2.45) is 0 Å². The molecule has 1 atom stereocenters. The number of nitrogens with zero attached hydrogens (tertiary/aromatic N) is 7. The molecule has 0 saturated heterocycles. The zero-order valence-electron chi connectivity index (χ0n) is 20.1. The van der Waals surface area contributed by atoms with E-state index in [-0.39, 0.29) is 22.1 Å². The normalized spacial score (nSPS) is 12.9. The van der Waals surface area contributed by atoms with E-state index < -0.39 is 16.9 Å². The van der Waals surface area contributed by atoms with Crippen LogP contribution >= 0.6 is 11.6 Å². The number of nitriles is 1. The molecule has 5 aromatic rings. The fourth-order valence-electron chi connectivity index (χ4n) is 4.84. The lowest BCUT2D eigenvalue weighted by atomic mass is 9.91. The van der Waals surface area contributed by atoms with E-state index in [0.29, 0.717) is 35.4 Å². The van der Waals surface area contributed by atoms with E-state index in [1.807, 2.05) is 18.7 Å². The zero-order chi connectivity index (χ0) is 26.3. The Balaban J connectivity index is 1.90. The summed E-state index contributed by atoms with van der Waals surface area (Å²) in [6.45, 7) is 8.40. The third-order valence-electron chi connectivity index (χ3n) is 6.59. The lowest BCUT2D eigenvalue weighted by Gasteiger charge is -2.42. The van der Waals surface area contributed by atoms with Gasteiger partial charge < -0.3 is 9.88 Å². The summed E-state index contributed by atoms with van der Waals surface area (Å²) in [5.74, 6) is 0.244. The molecule has 0 bridgehead atoms. The van der Waals surface area contributed by atoms with Crippen LogP contribution in [-0.4, -0.2) is 35.7 Å². The minimum absolute atomic E-state index is 0.161. The molecule has 0 radical (unpaired) electrons. The summed E-state index contributed by atoms with van der Waals surface area (Å²) in [4.78, 5) is 27.6. The molecule has 37 heavy (non-hydrogen) atoms. The summed E-state index contributed by atoms with van der Waals surface area (Å²) in [6.07, 6.45) is 6.68. The molecular weight excluding hydrogens is 495 g/mol. The highest BCUT2D eigenvalue weighted by atomic mass is 35.5. The third kappa shape index (κ3) is 3.58. The Morgan fingerprint density at radius 2 is 2.14 bits per heavy atom. The minimum atomic E-state index is -1.11. The van der Waals surface area contributed by atoms with Crippen molar-refractivity contribution in [3.63, 3.8) is 0 Å². The molecule has 1 N–H and O–H groups in total. The molecule has 9 nitrogen and oxygen atoms in total. The molecule has 0 fully saturated rings. The van der Waals surface area contributed by atoms with Gasteiger partial charge in [-0.15, -0.1) is 6.58 Å². The molecule has 0 saturated carbocycles. The smallest absolute Gasteiger partial charge is 0.284 e. The maximum atomic E-state index is 14.4. The number of likely N-dealkylation sites (N-methyl/N-ethyl adjacent to an activating group) is 1. The van der Waals surface area contributed by atoms with E-state index in [1.165, 1.54) is 33.6 Å². The first-order chi connectivity index (χ1) is 17.9. The van der Waals surface area contributed by atoms with Crippen molar-refractivity contribution in [2.45, 2.75) is 25.8 Å². The van der Waals surface area contributed by atoms with E-state index in [9.17, 15) is 14.4 Å². The highest BCUT2D eigenvalue weighted by molar-refractivity contribution is 6.33. The summed E-state index contributed by atoms with van der Waals surface area (Å²) in [7, 11) is 0. The average Bonchev–Trinajstić information content (AvgIpc) is 3.50. The summed E-state index contributed by atoms with van der Waals surface area (Å²) >= 11 is 6.35. The van der Waals surface area contributed by atoms with Gasteiger partial charge in [0.2, 0.25) is 0 Å². The van der Waals surface area contributed by atoms with Gasteiger partial charge in [-0.25, -0.2) is 18.9 Å². The van der Waals surface area contributed by atoms with Gasteiger partial charge in [0.05, 0.1) is 21.7 Å². The fraction of sp³-hybridized carbons (Fsp3) is 0.192. The molecule has 5 rings (SSSR count). The summed E-state index contributed by atoms with van der Waals surface area (Å²) in [5.41, 5.74) is -0.257. The lowest BCUT2D eigenvalue weighted by Crippen LogP contribution is -2.49. The van der Waals surface area contributed by atoms with Gasteiger partial charge in [-0.3, -0.25) is 9.36 Å². The molecule has 11 heteroatoms. The van der Waals surface area contributed by atoms with E-state index in [4.69, 9.17) is 16.7 Å². The molecule has 0 aliphatic carbocycles. The number of rotatable bonds is 7. The molecule has 0 aliphatic rings. The fourth-order valence-corrected chi connectivity index (χ4v) is 5.07. The summed E-state index contributed by atoms with van der Waals surface area (Å²) < 4.78 is 17.2. The zero-order valence-corrected chi connectivity index (χ0v) is 20.9. The highest BCUT2D eigenvalue weighted by Crippen LogP contribution is 2.39. The largest absolute Gasteiger partial charge is 0.345 e. The van der Waals surface area contributed by atoms with Gasteiger partial charge in [0.1, 0.15) is 40.7 Å². The van der Waals surface area contributed by atoms with Crippen LogP contribution in [0.4, 0.5) is 10.2 Å². The van der Waals surface area contributed by atoms with Gasteiger partial charge >= 0.3 is 0 Å². The molecule has 4 heterocycles. The molecule has 0 spiro atoms. The molecule has 0 unspecified atom stereocenters. The molecular formula is C26H22ClFN8O. The van der Waals surface area contributed by atoms with Crippen LogP contribution in [0.3, 0.4) is 0 Å². The maximum Gasteiger partial charge on any atom is 0.284 e. The highest BCUT2D eigenvalue weighted by Gasteiger charge is 2.41. The Morgan fingerprint density at radius 1 is 1.32 bits per heavy atom. The quantitative estimate of drug-likeness (QED) is 0.313. The maximum absolute atomic E-state index is 14.4. The van der Waals surface area contributed by atoms with Crippen molar-refractivity contribution < 1.29 is 4.39 Å². The van der Waals surface area contributed by atoms with Gasteiger partial charge in [0, 0.05) is 18.9 Å². The van der Waals surface area contributed by atoms with Crippen molar-refractivity contribution in [1.29, 1.82) is 5.26 Å². The number of anilines is 1. The first kappa shape index (κ1) is 24.2. The van der Waals surface area contributed by atoms with Crippen LogP contribution in [0.2, 0.25) is 5.02 Å². The van der Waals surface area contributed by atoms with Crippen LogP contribution in [0, 0.1) is 17.1 Å². The van der Waals surface area contributed by atoms with Gasteiger partial charge in [0.25, 0.3) is 5.56 Å². The predicted molar refractivity (Wildman–Crippen MR) is 140 cm³/mol. The van der Waals surface area contributed by atoms with Crippen molar-refractivity contribution in [2.75, 3.05) is 11.4 Å². The monoisotopic (exact) mass is 516 g/mol. The Morgan fingerprint density at radius 3 is 2.81 bits per heavy atom. The second-order valence-electron chi connectivity index (χ2n) is 8.36. The van der Waals surface area contributed by atoms with Gasteiger partial charge in [-0.05, 0) is 37.6 Å². The first-order valence-electron chi connectivity index (χ1n) is 11.6. The van der Waals surface area contributed by atoms with Crippen molar-refractivity contribution >= 4 is 34.0 Å². The van der Waals surface area contributed by atoms with Gasteiger partial charge in [-0.1, -0.05) is 30.7 Å². The van der Waals surface area contributed by atoms with E-state index >= 15 is 0 Å². The van der Waals surface area contributed by atoms with Crippen LogP contribution in [0.5, 0.6) is 0 Å². The number of nitrogens with one attached hydrogen (secondary N) is 1. The first-order valence-corrected chi connectivity index (χ1v) is 12.0. The molecule has 0 amide bonds. The topological polar surface area (TPSA) is 108 Å². The Hall–Kier alpha value is -4.49. The summed E-state index contributed by atoms with van der Waals surface area (Å²) in [5, 5.41) is 15.3. The number of H-pyrrole nitrogens is 1. The SMILES string of the molecule is C=C[C@@](CC)(c1nn2ccc(Cl)c2c(=O)n1-c1cccc(F)c1)N(CC)c1ncnc2[nH]cc(C#N)c12. The molecule has 4 aromatic heterocycles. The van der Waals surface area contributed by atoms with Crippen molar-refractivity contribution in [3.8, 4) is 11.8 Å². The predicted octanol–water partition coefficient (Wildman–Crippen LogP) is 4.74. The second kappa shape index (κ2) is 9.19. The number of halogens is 2. The van der Waals surface area contributed by atoms with Crippen LogP contribution in [0.25, 0.3) is 22.2 Å². The number of hydrogen-bond acceptors (Lipinski definition) is 6. The Bertz CT molecular complexity index is 1760. The van der Waals surface area contributed by atoms with Crippen LogP contribution in [0.15, 0.2) is 66.5 Å². The van der Waals surface area contributed by atoms with Crippen molar-refractivity contribution in [1.82, 2.24) is 29.1 Å². The Kier molecular flexibility index (Phi) is 6.01. The van der Waals surface area contributed by atoms with Crippen LogP contribution in [-0.2, 0) is 5.54 Å². The second-order valence-corrected chi connectivity index (χ2v) is 8.77. The average molecular weight is 517 g/mol. The van der Waals surface area contributed by atoms with Crippen LogP contribution in [0.1, 0.15) is 31.7 Å². The van der Waals surface area contributed by atoms with Crippen LogP contribution < -0.4 is 10.5 Å². The Labute approximate surface area is 216 Å². The number of aromatic amines is 1. The van der Waals surface area contributed by atoms with Gasteiger partial charge in [0.15, 0.2) is 5.82 Å². The number of fused-ring (bicyclic) bond motifs is 2. The van der Waals surface area contributed by atoms with E-state index in [1.54, 1.807) is 30.6 Å². The minimum Gasteiger partial charge on any atom is -0.345 e. The number of benzene rings is 1. The standard InChI is InChI=1S/C26H22ClFN8O/c1-4-26(5-2,34(6-3)23-20-16(13-29)14-30-22(20)31-15-32-23)25-33-35-11-10-19(27)21(35)24(37)36(25)18-9-7-8-17(28)12-18/h4,7-12,14-15H,1,5-6H2,2-3H3,(H,30,31,32)/t26-/m1/s1. The third-order valence-corrected chi connectivity index (χ3v) is 6.90. The molecule has 0 aliphatic heterocycles. The van der Waals surface area contributed by atoms with Gasteiger partial charge in [-0.2, -0.15) is 10.4 Å². The number of hydrogen-bond donors (Lipinski definition) is 1. The summed E-state index contributed by atoms with van der Waals surface area (Å²) in [6, 6.07) is 9.49. The lowest BCUT2D eigenvalue weighted by molar-refractivity contribution is 0.430. The molecule has 186 valence electrons. The molecule has 1 aromatic carbocycles.